The van der Waals surface area contributed by atoms with E-state index >= 15 is 0 Å². The monoisotopic (exact) mass is 541 g/mol. The van der Waals surface area contributed by atoms with Gasteiger partial charge in [0.1, 0.15) is 5.82 Å². The van der Waals surface area contributed by atoms with Gasteiger partial charge in [-0.3, -0.25) is 14.4 Å². The number of rotatable bonds is 10. The number of amides is 2. The lowest BCUT2D eigenvalue weighted by Crippen LogP contribution is -2.50. The van der Waals surface area contributed by atoms with Crippen LogP contribution in [0.4, 0.5) is 11.5 Å². The van der Waals surface area contributed by atoms with E-state index in [0.717, 1.165) is 49.9 Å². The molecule has 3 aliphatic carbocycles. The zero-order valence-corrected chi connectivity index (χ0v) is 23.2. The van der Waals surface area contributed by atoms with Crippen molar-refractivity contribution >= 4 is 29.1 Å². The van der Waals surface area contributed by atoms with Crippen LogP contribution in [0.5, 0.6) is 0 Å². The van der Waals surface area contributed by atoms with Gasteiger partial charge in [0, 0.05) is 53.1 Å². The van der Waals surface area contributed by atoms with E-state index in [0.29, 0.717) is 52.3 Å². The smallest absolute Gasteiger partial charge is 0.251 e. The molecule has 8 nitrogen and oxygen atoms in total. The Bertz CT molecular complexity index is 1320. The number of piperidine rings is 1. The molecule has 5 aliphatic rings. The number of pyridine rings is 1. The van der Waals surface area contributed by atoms with Crippen molar-refractivity contribution in [3.63, 3.8) is 0 Å². The van der Waals surface area contributed by atoms with Crippen molar-refractivity contribution in [2.45, 2.75) is 95.3 Å². The molecule has 0 radical (unpaired) electrons. The van der Waals surface area contributed by atoms with Gasteiger partial charge < -0.3 is 21.3 Å². The second kappa shape index (κ2) is 9.89. The summed E-state index contributed by atoms with van der Waals surface area (Å²) in [5.41, 5.74) is 8.98. The zero-order valence-electron chi connectivity index (χ0n) is 23.2. The van der Waals surface area contributed by atoms with Crippen LogP contribution < -0.4 is 21.3 Å². The summed E-state index contributed by atoms with van der Waals surface area (Å²) in [5, 5.41) is 6.95. The molecule has 1 unspecified atom stereocenters. The summed E-state index contributed by atoms with van der Waals surface area (Å²) < 4.78 is 0. The number of primary amides is 1. The lowest BCUT2D eigenvalue weighted by molar-refractivity contribution is 0.0923. The summed E-state index contributed by atoms with van der Waals surface area (Å²) in [6.07, 6.45) is 12.5. The minimum absolute atomic E-state index is 0.0780. The molecular formula is C32H39N5O3. The molecule has 5 fully saturated rings. The predicted molar refractivity (Wildman–Crippen MR) is 154 cm³/mol. The minimum atomic E-state index is -0.467. The zero-order chi connectivity index (χ0) is 27.5. The predicted octanol–water partition coefficient (Wildman–Crippen LogP) is 4.61. The van der Waals surface area contributed by atoms with Gasteiger partial charge in [-0.05, 0) is 113 Å². The number of ketones is 1. The molecule has 1 aromatic heterocycles. The number of aromatic nitrogens is 1. The Morgan fingerprint density at radius 3 is 2.15 bits per heavy atom. The summed E-state index contributed by atoms with van der Waals surface area (Å²) in [7, 11) is 0. The van der Waals surface area contributed by atoms with Crippen LogP contribution in [0, 0.1) is 24.7 Å². The highest BCUT2D eigenvalue weighted by atomic mass is 16.2. The fourth-order valence-corrected chi connectivity index (χ4v) is 7.18. The summed E-state index contributed by atoms with van der Waals surface area (Å²) >= 11 is 0. The third kappa shape index (κ3) is 4.97. The number of carbonyl (C=O) groups is 3. The van der Waals surface area contributed by atoms with Crippen molar-refractivity contribution in [2.24, 2.45) is 23.5 Å². The van der Waals surface area contributed by atoms with Crippen LogP contribution >= 0.6 is 0 Å². The van der Waals surface area contributed by atoms with Gasteiger partial charge in [0.25, 0.3) is 11.8 Å². The molecule has 2 bridgehead atoms. The Morgan fingerprint density at radius 1 is 0.925 bits per heavy atom. The van der Waals surface area contributed by atoms with Crippen LogP contribution in [0.15, 0.2) is 30.5 Å². The Labute approximate surface area is 235 Å². The maximum Gasteiger partial charge on any atom is 0.251 e. The summed E-state index contributed by atoms with van der Waals surface area (Å²) in [5.74, 6) is 2.09. The fourth-order valence-electron chi connectivity index (χ4n) is 7.18. The molecule has 210 valence electrons. The van der Waals surface area contributed by atoms with Crippen LogP contribution in [0.2, 0.25) is 0 Å². The highest BCUT2D eigenvalue weighted by Gasteiger charge is 2.43. The molecule has 40 heavy (non-hydrogen) atoms. The summed E-state index contributed by atoms with van der Waals surface area (Å²) in [6.45, 7) is 1.87. The van der Waals surface area contributed by atoms with Gasteiger partial charge in [-0.25, -0.2) is 4.98 Å². The SMILES string of the molecule is Cc1cc(C(N)=O)c(NC(C2CC2)C2CC2)cc1C(=O)NC1C[C@H]2CC[C@@H](C1)N2c1ccc(C(=O)C2CC2)cn1. The fraction of sp³-hybridized carbons (Fsp3) is 0.562. The molecule has 3 heterocycles. The summed E-state index contributed by atoms with van der Waals surface area (Å²) in [6, 6.07) is 8.60. The second-order valence-electron chi connectivity index (χ2n) is 12.9. The average Bonchev–Trinajstić information content (AvgIpc) is 3.80. The first-order valence-electron chi connectivity index (χ1n) is 15.2. The molecule has 3 atom stereocenters. The molecule has 8 heteroatoms. The van der Waals surface area contributed by atoms with Crippen LogP contribution in [0.1, 0.15) is 101 Å². The van der Waals surface area contributed by atoms with Crippen molar-refractivity contribution in [1.29, 1.82) is 0 Å². The first-order chi connectivity index (χ1) is 19.4. The molecule has 2 amide bonds. The number of nitrogens with two attached hydrogens (primary N) is 1. The van der Waals surface area contributed by atoms with Crippen molar-refractivity contribution in [3.8, 4) is 0 Å². The van der Waals surface area contributed by atoms with Crippen molar-refractivity contribution in [1.82, 2.24) is 10.3 Å². The van der Waals surface area contributed by atoms with Gasteiger partial charge in [-0.15, -0.1) is 0 Å². The summed E-state index contributed by atoms with van der Waals surface area (Å²) in [4.78, 5) is 45.3. The van der Waals surface area contributed by atoms with Gasteiger partial charge in [0.05, 0.1) is 5.56 Å². The molecular weight excluding hydrogens is 502 g/mol. The van der Waals surface area contributed by atoms with Gasteiger partial charge in [-0.2, -0.15) is 0 Å². The molecule has 0 spiro atoms. The topological polar surface area (TPSA) is 117 Å². The van der Waals surface area contributed by atoms with Gasteiger partial charge >= 0.3 is 0 Å². The highest BCUT2D eigenvalue weighted by molar-refractivity contribution is 6.03. The molecule has 2 aromatic rings. The van der Waals surface area contributed by atoms with Crippen LogP contribution in [-0.2, 0) is 0 Å². The number of nitrogens with one attached hydrogen (secondary N) is 2. The number of aryl methyl sites for hydroxylation is 1. The van der Waals surface area contributed by atoms with E-state index in [1.807, 2.05) is 25.1 Å². The Kier molecular flexibility index (Phi) is 6.32. The molecule has 1 aromatic carbocycles. The lowest BCUT2D eigenvalue weighted by atomic mass is 9.95. The van der Waals surface area contributed by atoms with Gasteiger partial charge in [-0.1, -0.05) is 0 Å². The van der Waals surface area contributed by atoms with E-state index in [4.69, 9.17) is 5.73 Å². The Morgan fingerprint density at radius 2 is 1.60 bits per heavy atom. The van der Waals surface area contributed by atoms with E-state index < -0.39 is 5.91 Å². The number of benzene rings is 1. The van der Waals surface area contributed by atoms with E-state index in [2.05, 4.69) is 20.5 Å². The highest BCUT2D eigenvalue weighted by Crippen LogP contribution is 2.46. The van der Waals surface area contributed by atoms with Gasteiger partial charge in [0.2, 0.25) is 0 Å². The molecule has 4 N–H and O–H groups in total. The van der Waals surface area contributed by atoms with Crippen molar-refractivity contribution < 1.29 is 14.4 Å². The quantitative estimate of drug-likeness (QED) is 0.378. The van der Waals surface area contributed by atoms with Crippen LogP contribution in [-0.4, -0.2) is 46.7 Å². The number of nitrogens with zero attached hydrogens (tertiary/aromatic N) is 2. The lowest BCUT2D eigenvalue weighted by Gasteiger charge is -2.40. The normalized spacial score (nSPS) is 25.6. The van der Waals surface area contributed by atoms with Crippen LogP contribution in [0.25, 0.3) is 0 Å². The van der Waals surface area contributed by atoms with E-state index in [9.17, 15) is 14.4 Å². The third-order valence-electron chi connectivity index (χ3n) is 9.77. The maximum atomic E-state index is 13.6. The number of hydrogen-bond acceptors (Lipinski definition) is 6. The first kappa shape index (κ1) is 25.5. The van der Waals surface area contributed by atoms with E-state index in [-0.39, 0.29) is 23.7 Å². The first-order valence-corrected chi connectivity index (χ1v) is 15.2. The number of carbonyl (C=O) groups excluding carboxylic acids is 3. The molecule has 2 saturated heterocycles. The molecule has 2 aliphatic heterocycles. The van der Waals surface area contributed by atoms with Crippen molar-refractivity contribution in [2.75, 3.05) is 10.2 Å². The standard InChI is InChI=1S/C32H39N5O3/c1-17-12-26(31(33)39)27(36-29(18-2-3-18)19-4-5-19)15-25(17)32(40)35-22-13-23-9-10-24(14-22)37(23)28-11-8-21(16-34-28)30(38)20-6-7-20/h8,11-12,15-16,18-20,22-24,29,36H,2-7,9-10,13-14H2,1H3,(H2,33,39)(H,35,40)/t22?,23-,24+. The Balaban J connectivity index is 1.04. The number of fused-ring (bicyclic) bond motifs is 2. The largest absolute Gasteiger partial charge is 0.381 e. The number of anilines is 2. The number of Topliss-reactive ketones (excluding diaryl/α,β-unsaturated/α-hetero) is 1. The van der Waals surface area contributed by atoms with E-state index in [1.165, 1.54) is 25.7 Å². The minimum Gasteiger partial charge on any atom is -0.381 e. The van der Waals surface area contributed by atoms with Gasteiger partial charge in [0.15, 0.2) is 5.78 Å². The van der Waals surface area contributed by atoms with Crippen LogP contribution in [0.3, 0.4) is 0 Å². The Hall–Kier alpha value is -3.42. The third-order valence-corrected chi connectivity index (χ3v) is 9.77. The molecule has 7 rings (SSSR count). The maximum absolute atomic E-state index is 13.6. The van der Waals surface area contributed by atoms with Crippen molar-refractivity contribution in [3.05, 3.63) is 52.7 Å². The average molecular weight is 542 g/mol. The second-order valence-corrected chi connectivity index (χ2v) is 12.9. The molecule has 3 saturated carbocycles. The van der Waals surface area contributed by atoms with E-state index in [1.54, 1.807) is 12.3 Å². The number of hydrogen-bond donors (Lipinski definition) is 3.